The minimum atomic E-state index is -0.337. The molecule has 0 aliphatic carbocycles. The minimum absolute atomic E-state index is 0.108. The largest absolute Gasteiger partial charge is 0.487 e. The number of amides is 2. The summed E-state index contributed by atoms with van der Waals surface area (Å²) >= 11 is 5.95. The van der Waals surface area contributed by atoms with E-state index in [1.54, 1.807) is 24.3 Å². The smallest absolute Gasteiger partial charge is 0.319 e. The van der Waals surface area contributed by atoms with Gasteiger partial charge in [0.05, 0.1) is 6.04 Å². The van der Waals surface area contributed by atoms with E-state index < -0.39 is 0 Å². The number of hydrogen-bond acceptors (Lipinski definition) is 2. The minimum Gasteiger partial charge on any atom is -0.487 e. The lowest BCUT2D eigenvalue weighted by Crippen LogP contribution is -2.42. The molecule has 1 atom stereocenters. The predicted molar refractivity (Wildman–Crippen MR) is 96.9 cm³/mol. The van der Waals surface area contributed by atoms with Gasteiger partial charge in [0.15, 0.2) is 0 Å². The molecule has 0 saturated carbocycles. The predicted octanol–water partition coefficient (Wildman–Crippen LogP) is 5.07. The van der Waals surface area contributed by atoms with Crippen molar-refractivity contribution in [2.75, 3.05) is 5.32 Å². The fourth-order valence-electron chi connectivity index (χ4n) is 2.99. The number of anilines is 1. The van der Waals surface area contributed by atoms with E-state index in [9.17, 15) is 4.79 Å². The Hall–Kier alpha value is -2.20. The Bertz CT molecular complexity index is 774. The zero-order valence-corrected chi connectivity index (χ0v) is 14.8. The summed E-state index contributed by atoms with van der Waals surface area (Å²) in [6.45, 7) is 6.09. The number of rotatable bonds is 2. The molecule has 0 saturated heterocycles. The van der Waals surface area contributed by atoms with E-state index in [1.165, 1.54) is 0 Å². The Morgan fingerprint density at radius 2 is 2.04 bits per heavy atom. The van der Waals surface area contributed by atoms with Crippen LogP contribution in [0.2, 0.25) is 5.02 Å². The average Bonchev–Trinajstić information content (AvgIpc) is 2.47. The first-order chi connectivity index (χ1) is 11.3. The van der Waals surface area contributed by atoms with Gasteiger partial charge in [-0.2, -0.15) is 0 Å². The molecule has 0 bridgehead atoms. The molecule has 5 heteroatoms. The lowest BCUT2D eigenvalue weighted by Gasteiger charge is -2.38. The third-order valence-corrected chi connectivity index (χ3v) is 4.25. The molecule has 0 aromatic heterocycles. The number of carbonyl (C=O) groups is 1. The van der Waals surface area contributed by atoms with Gasteiger partial charge in [-0.3, -0.25) is 0 Å². The Morgan fingerprint density at radius 3 is 2.79 bits per heavy atom. The number of fused-ring (bicyclic) bond motifs is 1. The van der Waals surface area contributed by atoms with Crippen molar-refractivity contribution < 1.29 is 9.53 Å². The van der Waals surface area contributed by atoms with Crippen molar-refractivity contribution in [3.63, 3.8) is 0 Å². The van der Waals surface area contributed by atoms with E-state index in [1.807, 2.05) is 32.9 Å². The molecule has 2 aromatic rings. The second-order valence-electron chi connectivity index (χ2n) is 6.77. The quantitative estimate of drug-likeness (QED) is 0.798. The van der Waals surface area contributed by atoms with Crippen LogP contribution in [0.4, 0.5) is 10.5 Å². The van der Waals surface area contributed by atoms with Gasteiger partial charge < -0.3 is 15.4 Å². The fourth-order valence-corrected chi connectivity index (χ4v) is 3.18. The van der Waals surface area contributed by atoms with Gasteiger partial charge in [-0.25, -0.2) is 4.79 Å². The van der Waals surface area contributed by atoms with Crippen LogP contribution in [0.1, 0.15) is 37.4 Å². The van der Waals surface area contributed by atoms with Crippen molar-refractivity contribution in [2.45, 2.75) is 38.8 Å². The van der Waals surface area contributed by atoms with Gasteiger partial charge in [-0.05, 0) is 45.0 Å². The second kappa shape index (κ2) is 6.36. The highest BCUT2D eigenvalue weighted by Crippen LogP contribution is 2.39. The van der Waals surface area contributed by atoms with Crippen molar-refractivity contribution >= 4 is 23.3 Å². The van der Waals surface area contributed by atoms with Crippen molar-refractivity contribution in [1.82, 2.24) is 5.32 Å². The highest BCUT2D eigenvalue weighted by atomic mass is 35.5. The van der Waals surface area contributed by atoms with Crippen LogP contribution < -0.4 is 15.4 Å². The maximum atomic E-state index is 12.4. The van der Waals surface area contributed by atoms with Crippen LogP contribution in [0.15, 0.2) is 42.5 Å². The second-order valence-corrected chi connectivity index (χ2v) is 7.20. The van der Waals surface area contributed by atoms with Crippen molar-refractivity contribution in [1.29, 1.82) is 0 Å². The number of aryl methyl sites for hydroxylation is 1. The fraction of sp³-hybridized carbons (Fsp3) is 0.316. The number of hydrogen-bond donors (Lipinski definition) is 2. The normalized spacial score (nSPS) is 18.2. The molecule has 0 radical (unpaired) electrons. The molecule has 1 unspecified atom stereocenters. The molecule has 0 fully saturated rings. The van der Waals surface area contributed by atoms with Gasteiger partial charge in [0.1, 0.15) is 11.4 Å². The lowest BCUT2D eigenvalue weighted by molar-refractivity contribution is 0.0682. The number of benzene rings is 2. The van der Waals surface area contributed by atoms with E-state index in [2.05, 4.69) is 16.7 Å². The van der Waals surface area contributed by atoms with E-state index in [0.29, 0.717) is 17.1 Å². The topological polar surface area (TPSA) is 50.4 Å². The molecule has 3 rings (SSSR count). The maximum Gasteiger partial charge on any atom is 0.319 e. The van der Waals surface area contributed by atoms with Crippen LogP contribution in [-0.4, -0.2) is 11.6 Å². The molecule has 2 N–H and O–H groups in total. The van der Waals surface area contributed by atoms with E-state index in [0.717, 1.165) is 16.9 Å². The summed E-state index contributed by atoms with van der Waals surface area (Å²) in [7, 11) is 0. The first-order valence-corrected chi connectivity index (χ1v) is 8.33. The van der Waals surface area contributed by atoms with Crippen molar-refractivity contribution in [3.8, 4) is 5.75 Å². The zero-order chi connectivity index (χ0) is 17.3. The number of carbonyl (C=O) groups excluding carboxylic acids is 1. The van der Waals surface area contributed by atoms with E-state index >= 15 is 0 Å². The molecule has 2 aromatic carbocycles. The number of urea groups is 1. The lowest BCUT2D eigenvalue weighted by atomic mass is 9.89. The molecule has 4 nitrogen and oxygen atoms in total. The van der Waals surface area contributed by atoms with Crippen molar-refractivity contribution in [3.05, 3.63) is 58.6 Å². The van der Waals surface area contributed by atoms with Gasteiger partial charge in [0.25, 0.3) is 0 Å². The molecule has 126 valence electrons. The van der Waals surface area contributed by atoms with E-state index in [4.69, 9.17) is 16.3 Å². The highest BCUT2D eigenvalue weighted by Gasteiger charge is 2.34. The summed E-state index contributed by atoms with van der Waals surface area (Å²) in [6, 6.07) is 12.8. The zero-order valence-electron chi connectivity index (χ0n) is 14.0. The standard InChI is InChI=1S/C19H21ClN2O2/c1-12-7-8-17-15(9-12)16(11-19(2,3)24-17)22-18(23)21-14-6-4-5-13(20)10-14/h4-10,16H,11H2,1-3H3,(H2,21,22,23). The number of nitrogens with one attached hydrogen (secondary N) is 2. The maximum absolute atomic E-state index is 12.4. The Morgan fingerprint density at radius 1 is 1.25 bits per heavy atom. The first kappa shape index (κ1) is 16.7. The van der Waals surface area contributed by atoms with Gasteiger partial charge in [-0.1, -0.05) is 35.4 Å². The average molecular weight is 345 g/mol. The Kier molecular flexibility index (Phi) is 4.41. The molecule has 1 aliphatic heterocycles. The van der Waals surface area contributed by atoms with E-state index in [-0.39, 0.29) is 17.7 Å². The molecule has 24 heavy (non-hydrogen) atoms. The van der Waals surface area contributed by atoms with Crippen LogP contribution in [0.5, 0.6) is 5.75 Å². The summed E-state index contributed by atoms with van der Waals surface area (Å²) in [4.78, 5) is 12.4. The molecule has 2 amide bonds. The van der Waals surface area contributed by atoms with Gasteiger partial charge in [0.2, 0.25) is 0 Å². The Labute approximate surface area is 147 Å². The molecular formula is C19H21ClN2O2. The molecular weight excluding hydrogens is 324 g/mol. The van der Waals surface area contributed by atoms with Crippen LogP contribution in [0.25, 0.3) is 0 Å². The third kappa shape index (κ3) is 3.82. The number of halogens is 1. The summed E-state index contributed by atoms with van der Waals surface area (Å²) in [5.41, 5.74) is 2.47. The molecule has 1 aliphatic rings. The summed E-state index contributed by atoms with van der Waals surface area (Å²) < 4.78 is 6.03. The third-order valence-electron chi connectivity index (χ3n) is 4.01. The van der Waals surface area contributed by atoms with Gasteiger partial charge >= 0.3 is 6.03 Å². The van der Waals surface area contributed by atoms with Gasteiger partial charge in [0, 0.05) is 22.7 Å². The monoisotopic (exact) mass is 344 g/mol. The first-order valence-electron chi connectivity index (χ1n) is 7.95. The highest BCUT2D eigenvalue weighted by molar-refractivity contribution is 6.30. The van der Waals surface area contributed by atoms with Crippen LogP contribution in [0, 0.1) is 6.92 Å². The Balaban J connectivity index is 1.79. The number of ether oxygens (including phenoxy) is 1. The summed E-state index contributed by atoms with van der Waals surface area (Å²) in [5.74, 6) is 0.824. The van der Waals surface area contributed by atoms with Crippen LogP contribution in [-0.2, 0) is 0 Å². The SMILES string of the molecule is Cc1ccc2c(c1)C(NC(=O)Nc1cccc(Cl)c1)CC(C)(C)O2. The summed E-state index contributed by atoms with van der Waals surface area (Å²) in [5, 5.41) is 6.46. The molecule has 0 spiro atoms. The summed E-state index contributed by atoms with van der Waals surface area (Å²) in [6.07, 6.45) is 0.701. The van der Waals surface area contributed by atoms with Gasteiger partial charge in [-0.15, -0.1) is 0 Å². The van der Waals surface area contributed by atoms with Crippen LogP contribution in [0.3, 0.4) is 0 Å². The molecule has 1 heterocycles. The van der Waals surface area contributed by atoms with Crippen LogP contribution >= 0.6 is 11.6 Å². The van der Waals surface area contributed by atoms with Crippen molar-refractivity contribution in [2.24, 2.45) is 0 Å².